The van der Waals surface area contributed by atoms with Crippen molar-refractivity contribution in [2.75, 3.05) is 0 Å². The Morgan fingerprint density at radius 1 is 1.13 bits per heavy atom. The lowest BCUT2D eigenvalue weighted by atomic mass is 9.83. The zero-order valence-corrected chi connectivity index (χ0v) is 18.3. The number of hydrogen-bond acceptors (Lipinski definition) is 1. The zero-order valence-electron chi connectivity index (χ0n) is 18.3. The van der Waals surface area contributed by atoms with E-state index >= 15 is 0 Å². The number of carboxylic acids is 1. The highest BCUT2D eigenvalue weighted by Gasteiger charge is 2.27. The Kier molecular flexibility index (Phi) is 6.26. The van der Waals surface area contributed by atoms with Gasteiger partial charge in [0.1, 0.15) is 0 Å². The normalized spacial score (nSPS) is 16.0. The highest BCUT2D eigenvalue weighted by molar-refractivity contribution is 6.04. The van der Waals surface area contributed by atoms with E-state index in [0.29, 0.717) is 11.5 Å². The number of carbonyl (C=O) groups is 1. The molecule has 1 aromatic heterocycles. The van der Waals surface area contributed by atoms with Gasteiger partial charge in [-0.3, -0.25) is 0 Å². The summed E-state index contributed by atoms with van der Waals surface area (Å²) in [6.45, 7) is 5.11. The Balaban J connectivity index is 1.75. The Labute approximate surface area is 179 Å². The van der Waals surface area contributed by atoms with Crippen LogP contribution in [0.1, 0.15) is 78.2 Å². The van der Waals surface area contributed by atoms with Crippen molar-refractivity contribution < 1.29 is 9.90 Å². The Bertz CT molecular complexity index is 1050. The van der Waals surface area contributed by atoms with Crippen molar-refractivity contribution in [3.05, 3.63) is 70.4 Å². The van der Waals surface area contributed by atoms with Crippen LogP contribution in [0.15, 0.2) is 42.5 Å². The maximum atomic E-state index is 12.0. The lowest BCUT2D eigenvalue weighted by molar-refractivity contribution is 0.0698. The fourth-order valence-electron chi connectivity index (χ4n) is 5.21. The van der Waals surface area contributed by atoms with Gasteiger partial charge >= 0.3 is 5.97 Å². The summed E-state index contributed by atoms with van der Waals surface area (Å²) >= 11 is 0. The van der Waals surface area contributed by atoms with Crippen LogP contribution in [0.25, 0.3) is 10.9 Å². The third-order valence-corrected chi connectivity index (χ3v) is 6.71. The molecule has 0 aliphatic heterocycles. The van der Waals surface area contributed by atoms with Crippen molar-refractivity contribution in [2.24, 2.45) is 5.92 Å². The topological polar surface area (TPSA) is 42.2 Å². The van der Waals surface area contributed by atoms with Crippen LogP contribution in [0.5, 0.6) is 0 Å². The quantitative estimate of drug-likeness (QED) is 0.422. The molecular weight excluding hydrogens is 370 g/mol. The number of unbranched alkanes of at least 4 members (excludes halogenated alkanes) is 3. The van der Waals surface area contributed by atoms with Crippen LogP contribution < -0.4 is 0 Å². The second-order valence-electron chi connectivity index (χ2n) is 8.97. The average Bonchev–Trinajstić information content (AvgIpc) is 3.04. The van der Waals surface area contributed by atoms with Crippen LogP contribution in [0, 0.1) is 12.8 Å². The molecule has 0 spiro atoms. The van der Waals surface area contributed by atoms with E-state index < -0.39 is 5.97 Å². The van der Waals surface area contributed by atoms with Gasteiger partial charge < -0.3 is 9.67 Å². The molecule has 0 fully saturated rings. The predicted octanol–water partition coefficient (Wildman–Crippen LogP) is 6.77. The smallest absolute Gasteiger partial charge is 0.337 e. The van der Waals surface area contributed by atoms with Gasteiger partial charge in [-0.1, -0.05) is 81.0 Å². The first-order chi connectivity index (χ1) is 14.6. The lowest BCUT2D eigenvalue weighted by Gasteiger charge is -2.25. The van der Waals surface area contributed by atoms with Gasteiger partial charge in [-0.15, -0.1) is 0 Å². The molecule has 1 heterocycles. The number of aromatic carboxylic acids is 1. The Hall–Kier alpha value is -2.55. The zero-order chi connectivity index (χ0) is 21.1. The van der Waals surface area contributed by atoms with Gasteiger partial charge in [0.2, 0.25) is 0 Å². The summed E-state index contributed by atoms with van der Waals surface area (Å²) in [6, 6.07) is 14.4. The van der Waals surface area contributed by atoms with Crippen molar-refractivity contribution in [1.29, 1.82) is 0 Å². The molecule has 3 aromatic rings. The lowest BCUT2D eigenvalue weighted by Crippen LogP contribution is -2.17. The molecule has 0 bridgehead atoms. The molecule has 1 N–H and O–H groups in total. The third-order valence-electron chi connectivity index (χ3n) is 6.71. The molecule has 0 saturated carbocycles. The van der Waals surface area contributed by atoms with Crippen molar-refractivity contribution in [2.45, 2.75) is 71.8 Å². The minimum atomic E-state index is -0.836. The van der Waals surface area contributed by atoms with Crippen LogP contribution in [0.3, 0.4) is 0 Å². The van der Waals surface area contributed by atoms with E-state index in [4.69, 9.17) is 0 Å². The van der Waals surface area contributed by atoms with E-state index in [1.807, 2.05) is 6.07 Å². The number of carboxylic acid groups (broad SMARTS) is 1. The first kappa shape index (κ1) is 20.7. The molecule has 1 unspecified atom stereocenters. The minimum Gasteiger partial charge on any atom is -0.478 e. The standard InChI is InChI=1S/C27H33NO2/c1-3-4-5-6-10-20-14-15-22-23-12-8-13-24(27(29)30)26(23)28(25(22)17-20)18-21-11-7-9-19(2)16-21/h7-9,11-13,16,20H,3-6,10,14-15,17-18H2,1-2H3,(H,29,30). The number of nitrogens with zero attached hydrogens (tertiary/aromatic N) is 1. The van der Waals surface area contributed by atoms with E-state index in [2.05, 4.69) is 48.7 Å². The monoisotopic (exact) mass is 403 g/mol. The second-order valence-corrected chi connectivity index (χ2v) is 8.97. The second kappa shape index (κ2) is 9.07. The number of hydrogen-bond donors (Lipinski definition) is 1. The molecule has 1 atom stereocenters. The van der Waals surface area contributed by atoms with Gasteiger partial charge in [-0.25, -0.2) is 4.79 Å². The van der Waals surface area contributed by atoms with E-state index in [9.17, 15) is 9.90 Å². The molecule has 0 amide bonds. The van der Waals surface area contributed by atoms with Gasteiger partial charge in [0.25, 0.3) is 0 Å². The largest absolute Gasteiger partial charge is 0.478 e. The third kappa shape index (κ3) is 4.16. The van der Waals surface area contributed by atoms with E-state index in [1.54, 1.807) is 6.07 Å². The number of benzene rings is 2. The summed E-state index contributed by atoms with van der Waals surface area (Å²) in [5.41, 5.74) is 6.56. The maximum absolute atomic E-state index is 12.0. The van der Waals surface area contributed by atoms with Crippen molar-refractivity contribution in [3.63, 3.8) is 0 Å². The number of aryl methyl sites for hydroxylation is 2. The Morgan fingerprint density at radius 3 is 2.73 bits per heavy atom. The van der Waals surface area contributed by atoms with E-state index in [0.717, 1.165) is 30.3 Å². The molecule has 0 saturated heterocycles. The first-order valence-electron chi connectivity index (χ1n) is 11.5. The van der Waals surface area contributed by atoms with Gasteiger partial charge in [-0.2, -0.15) is 0 Å². The summed E-state index contributed by atoms with van der Waals surface area (Å²) in [6.07, 6.45) is 9.89. The number of aromatic nitrogens is 1. The molecule has 1 aliphatic rings. The number of rotatable bonds is 8. The summed E-state index contributed by atoms with van der Waals surface area (Å²) in [4.78, 5) is 12.0. The van der Waals surface area contributed by atoms with Crippen LogP contribution in [0.2, 0.25) is 0 Å². The minimum absolute atomic E-state index is 0.425. The number of para-hydroxylation sites is 1. The molecule has 2 aromatic carbocycles. The van der Waals surface area contributed by atoms with Gasteiger partial charge in [-0.05, 0) is 49.3 Å². The fourth-order valence-corrected chi connectivity index (χ4v) is 5.21. The summed E-state index contributed by atoms with van der Waals surface area (Å²) < 4.78 is 2.32. The molecule has 3 nitrogen and oxygen atoms in total. The van der Waals surface area contributed by atoms with Gasteiger partial charge in [0.05, 0.1) is 11.1 Å². The molecule has 30 heavy (non-hydrogen) atoms. The molecule has 3 heteroatoms. The van der Waals surface area contributed by atoms with Crippen LogP contribution in [0.4, 0.5) is 0 Å². The average molecular weight is 404 g/mol. The van der Waals surface area contributed by atoms with Crippen molar-refractivity contribution in [1.82, 2.24) is 4.57 Å². The van der Waals surface area contributed by atoms with Crippen LogP contribution in [-0.2, 0) is 19.4 Å². The summed E-state index contributed by atoms with van der Waals surface area (Å²) in [7, 11) is 0. The molecule has 158 valence electrons. The van der Waals surface area contributed by atoms with E-state index in [-0.39, 0.29) is 0 Å². The fraction of sp³-hybridized carbons (Fsp3) is 0.444. The van der Waals surface area contributed by atoms with Crippen LogP contribution >= 0.6 is 0 Å². The maximum Gasteiger partial charge on any atom is 0.337 e. The highest BCUT2D eigenvalue weighted by atomic mass is 16.4. The van der Waals surface area contributed by atoms with Crippen LogP contribution in [-0.4, -0.2) is 15.6 Å². The molecular formula is C27H33NO2. The van der Waals surface area contributed by atoms with Gasteiger partial charge in [0.15, 0.2) is 0 Å². The molecule has 0 radical (unpaired) electrons. The Morgan fingerprint density at radius 2 is 1.97 bits per heavy atom. The van der Waals surface area contributed by atoms with Crippen molar-refractivity contribution >= 4 is 16.9 Å². The van der Waals surface area contributed by atoms with E-state index in [1.165, 1.54) is 60.9 Å². The molecule has 1 aliphatic carbocycles. The predicted molar refractivity (Wildman–Crippen MR) is 123 cm³/mol. The van der Waals surface area contributed by atoms with Gasteiger partial charge in [0, 0.05) is 17.6 Å². The van der Waals surface area contributed by atoms with Crippen molar-refractivity contribution in [3.8, 4) is 0 Å². The summed E-state index contributed by atoms with van der Waals surface area (Å²) in [5.74, 6) is -0.125. The summed E-state index contributed by atoms with van der Waals surface area (Å²) in [5, 5.41) is 11.0. The molecule has 4 rings (SSSR count). The SMILES string of the molecule is CCCCCCC1CCc2c(n(Cc3cccc(C)c3)c3c(C(=O)O)cccc23)C1. The first-order valence-corrected chi connectivity index (χ1v) is 11.5. The highest BCUT2D eigenvalue weighted by Crippen LogP contribution is 2.37. The number of fused-ring (bicyclic) bond motifs is 3.